The van der Waals surface area contributed by atoms with E-state index < -0.39 is 29.2 Å². The second kappa shape index (κ2) is 6.83. The van der Waals surface area contributed by atoms with Gasteiger partial charge in [0.2, 0.25) is 0 Å². The molecule has 0 fully saturated rings. The average Bonchev–Trinajstić information content (AvgIpc) is 2.60. The van der Waals surface area contributed by atoms with Crippen molar-refractivity contribution in [1.82, 2.24) is 4.98 Å². The van der Waals surface area contributed by atoms with Crippen molar-refractivity contribution >= 4 is 17.5 Å². The van der Waals surface area contributed by atoms with E-state index in [1.54, 1.807) is 12.1 Å². The Kier molecular flexibility index (Phi) is 4.85. The van der Waals surface area contributed by atoms with E-state index in [-0.39, 0.29) is 11.1 Å². The topological polar surface area (TPSA) is 93.6 Å². The fourth-order valence-electron chi connectivity index (χ4n) is 2.13. The van der Waals surface area contributed by atoms with Gasteiger partial charge in [-0.15, -0.1) is 0 Å². The van der Waals surface area contributed by atoms with Crippen molar-refractivity contribution in [3.05, 3.63) is 59.4 Å². The molecule has 2 aromatic rings. The van der Waals surface area contributed by atoms with Gasteiger partial charge in [0.1, 0.15) is 11.3 Å². The second-order valence-corrected chi connectivity index (χ2v) is 4.89. The number of ether oxygens (including phenoxy) is 1. The molecule has 1 aromatic carbocycles. The molecule has 0 aliphatic carbocycles. The molecule has 6 heteroatoms. The third kappa shape index (κ3) is 3.26. The Hall–Kier alpha value is -3.02. The average molecular weight is 313 g/mol. The van der Waals surface area contributed by atoms with E-state index in [1.807, 2.05) is 0 Å². The van der Waals surface area contributed by atoms with Crippen molar-refractivity contribution in [3.63, 3.8) is 0 Å². The number of pyridine rings is 1. The third-order valence-corrected chi connectivity index (χ3v) is 3.44. The van der Waals surface area contributed by atoms with Crippen LogP contribution >= 0.6 is 0 Å². The van der Waals surface area contributed by atoms with Crippen LogP contribution in [0, 0.1) is 5.92 Å². The number of Topliss-reactive ketones (excluding diaryl/α,β-unsaturated/α-hetero) is 2. The lowest BCUT2D eigenvalue weighted by molar-refractivity contribution is 0.0597. The van der Waals surface area contributed by atoms with Crippen molar-refractivity contribution in [3.8, 4) is 5.75 Å². The summed E-state index contributed by atoms with van der Waals surface area (Å²) in [6.07, 6.45) is 2.89. The maximum atomic E-state index is 12.5. The predicted molar refractivity (Wildman–Crippen MR) is 81.5 cm³/mol. The summed E-state index contributed by atoms with van der Waals surface area (Å²) in [5.74, 6) is -3.26. The van der Waals surface area contributed by atoms with Gasteiger partial charge < -0.3 is 9.84 Å². The molecule has 23 heavy (non-hydrogen) atoms. The van der Waals surface area contributed by atoms with E-state index in [4.69, 9.17) is 0 Å². The van der Waals surface area contributed by atoms with E-state index in [1.165, 1.54) is 44.6 Å². The summed E-state index contributed by atoms with van der Waals surface area (Å²) in [5, 5.41) is 10.1. The molecular formula is C17H15NO5. The number of carbonyl (C=O) groups is 3. The molecule has 1 heterocycles. The molecule has 6 nitrogen and oxygen atoms in total. The van der Waals surface area contributed by atoms with Gasteiger partial charge in [-0.3, -0.25) is 14.6 Å². The molecule has 0 radical (unpaired) electrons. The molecule has 1 N–H and O–H groups in total. The van der Waals surface area contributed by atoms with E-state index in [9.17, 15) is 19.5 Å². The number of carbonyl (C=O) groups excluding carboxylic acids is 3. The van der Waals surface area contributed by atoms with Crippen LogP contribution < -0.4 is 0 Å². The first-order valence-corrected chi connectivity index (χ1v) is 6.86. The van der Waals surface area contributed by atoms with Gasteiger partial charge in [0.25, 0.3) is 0 Å². The Labute approximate surface area is 132 Å². The highest BCUT2D eigenvalue weighted by molar-refractivity contribution is 6.17. The first-order valence-electron chi connectivity index (χ1n) is 6.86. The standard InChI is InChI=1S/C17H15NO5/c1-10(14(19)11-5-4-8-18-9-11)15(20)12-6-3-7-13(16(12)21)17(22)23-2/h3-10,21H,1-2H3. The number of ketones is 2. The van der Waals surface area contributed by atoms with Gasteiger partial charge in [-0.05, 0) is 31.2 Å². The fourth-order valence-corrected chi connectivity index (χ4v) is 2.13. The predicted octanol–water partition coefficient (Wildman–Crippen LogP) is 2.28. The van der Waals surface area contributed by atoms with Crippen LogP contribution in [-0.2, 0) is 4.74 Å². The Morgan fingerprint density at radius 3 is 2.39 bits per heavy atom. The van der Waals surface area contributed by atoms with Crippen LogP contribution in [0.1, 0.15) is 38.0 Å². The highest BCUT2D eigenvalue weighted by atomic mass is 16.5. The van der Waals surface area contributed by atoms with Crippen LogP contribution in [-0.4, -0.2) is 34.7 Å². The third-order valence-electron chi connectivity index (χ3n) is 3.44. The summed E-state index contributed by atoms with van der Waals surface area (Å²) in [5.41, 5.74) is 0.0778. The molecule has 0 saturated heterocycles. The van der Waals surface area contributed by atoms with E-state index in [2.05, 4.69) is 9.72 Å². The lowest BCUT2D eigenvalue weighted by Crippen LogP contribution is -2.22. The van der Waals surface area contributed by atoms with Crippen LogP contribution in [0.5, 0.6) is 5.75 Å². The zero-order valence-electron chi connectivity index (χ0n) is 12.6. The number of aromatic hydroxyl groups is 1. The van der Waals surface area contributed by atoms with E-state index >= 15 is 0 Å². The second-order valence-electron chi connectivity index (χ2n) is 4.89. The molecule has 0 aliphatic heterocycles. The van der Waals surface area contributed by atoms with E-state index in [0.29, 0.717) is 5.56 Å². The molecule has 118 valence electrons. The molecule has 0 bridgehead atoms. The van der Waals surface area contributed by atoms with Crippen molar-refractivity contribution in [2.75, 3.05) is 7.11 Å². The Balaban J connectivity index is 2.34. The number of benzene rings is 1. The minimum absolute atomic E-state index is 0.0994. The maximum absolute atomic E-state index is 12.5. The van der Waals surface area contributed by atoms with Gasteiger partial charge in [-0.25, -0.2) is 4.79 Å². The quantitative estimate of drug-likeness (QED) is 0.517. The van der Waals surface area contributed by atoms with Gasteiger partial charge in [-0.1, -0.05) is 6.07 Å². The molecule has 1 aromatic heterocycles. The van der Waals surface area contributed by atoms with Gasteiger partial charge in [0, 0.05) is 18.0 Å². The molecule has 1 atom stereocenters. The lowest BCUT2D eigenvalue weighted by atomic mass is 9.91. The van der Waals surface area contributed by atoms with Gasteiger partial charge in [0.05, 0.1) is 18.6 Å². The molecule has 2 rings (SSSR count). The van der Waals surface area contributed by atoms with Gasteiger partial charge in [0.15, 0.2) is 11.6 Å². The maximum Gasteiger partial charge on any atom is 0.341 e. The fraction of sp³-hybridized carbons (Fsp3) is 0.176. The normalized spacial score (nSPS) is 11.6. The number of aromatic nitrogens is 1. The summed E-state index contributed by atoms with van der Waals surface area (Å²) < 4.78 is 4.54. The molecule has 0 amide bonds. The number of methoxy groups -OCH3 is 1. The highest BCUT2D eigenvalue weighted by Gasteiger charge is 2.27. The number of hydrogen-bond donors (Lipinski definition) is 1. The van der Waals surface area contributed by atoms with Crippen molar-refractivity contribution in [1.29, 1.82) is 0 Å². The van der Waals surface area contributed by atoms with Gasteiger partial charge >= 0.3 is 5.97 Å². The van der Waals surface area contributed by atoms with Crippen LogP contribution in [0.4, 0.5) is 0 Å². The summed E-state index contributed by atoms with van der Waals surface area (Å²) in [6, 6.07) is 7.30. The first-order chi connectivity index (χ1) is 11.0. The zero-order valence-corrected chi connectivity index (χ0v) is 12.6. The SMILES string of the molecule is COC(=O)c1cccc(C(=O)C(C)C(=O)c2cccnc2)c1O. The Bertz CT molecular complexity index is 755. The minimum Gasteiger partial charge on any atom is -0.506 e. The molecule has 0 spiro atoms. The summed E-state index contributed by atoms with van der Waals surface area (Å²) in [4.78, 5) is 40.2. The number of phenols is 1. The van der Waals surface area contributed by atoms with Crippen LogP contribution in [0.3, 0.4) is 0 Å². The number of hydrogen-bond acceptors (Lipinski definition) is 6. The van der Waals surface area contributed by atoms with Crippen molar-refractivity contribution < 1.29 is 24.2 Å². The number of rotatable bonds is 5. The zero-order chi connectivity index (χ0) is 17.0. The molecule has 1 unspecified atom stereocenters. The van der Waals surface area contributed by atoms with Crippen LogP contribution in [0.25, 0.3) is 0 Å². The Morgan fingerprint density at radius 1 is 1.09 bits per heavy atom. The summed E-state index contributed by atoms with van der Waals surface area (Å²) in [6.45, 7) is 1.45. The lowest BCUT2D eigenvalue weighted by Gasteiger charge is -2.12. The molecular weight excluding hydrogens is 298 g/mol. The number of phenolic OH excluding ortho intramolecular Hbond substituents is 1. The Morgan fingerprint density at radius 2 is 1.78 bits per heavy atom. The largest absolute Gasteiger partial charge is 0.506 e. The van der Waals surface area contributed by atoms with Crippen molar-refractivity contribution in [2.24, 2.45) is 5.92 Å². The van der Waals surface area contributed by atoms with Crippen LogP contribution in [0.2, 0.25) is 0 Å². The van der Waals surface area contributed by atoms with E-state index in [0.717, 1.165) is 0 Å². The summed E-state index contributed by atoms with van der Waals surface area (Å²) in [7, 11) is 1.17. The molecule has 0 aliphatic rings. The summed E-state index contributed by atoms with van der Waals surface area (Å²) >= 11 is 0. The molecule has 0 saturated carbocycles. The number of nitrogens with zero attached hydrogens (tertiary/aromatic N) is 1. The smallest absolute Gasteiger partial charge is 0.341 e. The van der Waals surface area contributed by atoms with Crippen LogP contribution in [0.15, 0.2) is 42.7 Å². The number of para-hydroxylation sites is 1. The van der Waals surface area contributed by atoms with Crippen molar-refractivity contribution in [2.45, 2.75) is 6.92 Å². The minimum atomic E-state index is -1.02. The highest BCUT2D eigenvalue weighted by Crippen LogP contribution is 2.26. The number of esters is 1. The first kappa shape index (κ1) is 16.4. The monoisotopic (exact) mass is 313 g/mol. The van der Waals surface area contributed by atoms with Gasteiger partial charge in [-0.2, -0.15) is 0 Å².